The van der Waals surface area contributed by atoms with Crippen molar-refractivity contribution in [3.05, 3.63) is 35.9 Å². The highest BCUT2D eigenvalue weighted by Gasteiger charge is 2.34. The van der Waals surface area contributed by atoms with Crippen molar-refractivity contribution in [3.63, 3.8) is 0 Å². The van der Waals surface area contributed by atoms with Gasteiger partial charge in [0.15, 0.2) is 0 Å². The third-order valence-electron chi connectivity index (χ3n) is 5.69. The van der Waals surface area contributed by atoms with Crippen LogP contribution in [0.25, 0.3) is 0 Å². The number of hydrogen-bond donors (Lipinski definition) is 1. The number of carbonyl (C=O) groups is 1. The first-order chi connectivity index (χ1) is 13.0. The highest BCUT2D eigenvalue weighted by Crippen LogP contribution is 2.33. The molecule has 1 unspecified atom stereocenters. The van der Waals surface area contributed by atoms with E-state index in [1.807, 2.05) is 30.3 Å². The molecule has 1 aliphatic heterocycles. The Labute approximate surface area is 160 Å². The quantitative estimate of drug-likeness (QED) is 0.785. The second kappa shape index (κ2) is 9.49. The molecule has 6 heteroatoms. The molecule has 1 N–H and O–H groups in total. The van der Waals surface area contributed by atoms with Crippen LogP contribution in [0.3, 0.4) is 0 Å². The predicted molar refractivity (Wildman–Crippen MR) is 101 cm³/mol. The van der Waals surface area contributed by atoms with Crippen LogP contribution in [0, 0.1) is 5.92 Å². The van der Waals surface area contributed by atoms with Crippen molar-refractivity contribution in [2.24, 2.45) is 5.92 Å². The minimum absolute atomic E-state index is 0.00483. The minimum Gasteiger partial charge on any atom is -0.445 e. The number of carbonyl (C=O) groups excluding carboxylic acids is 1. The first-order valence-electron chi connectivity index (χ1n) is 10.1. The van der Waals surface area contributed by atoms with Crippen LogP contribution in [-0.4, -0.2) is 42.6 Å². The fourth-order valence-corrected chi connectivity index (χ4v) is 4.01. The summed E-state index contributed by atoms with van der Waals surface area (Å²) in [7, 11) is 0. The number of nitrogens with one attached hydrogen (secondary N) is 1. The number of alkyl halides is 2. The summed E-state index contributed by atoms with van der Waals surface area (Å²) in [5.74, 6) is -2.03. The topological polar surface area (TPSA) is 41.6 Å². The van der Waals surface area contributed by atoms with Gasteiger partial charge < -0.3 is 15.0 Å². The number of hydrogen-bond acceptors (Lipinski definition) is 3. The molecule has 0 spiro atoms. The van der Waals surface area contributed by atoms with E-state index in [4.69, 9.17) is 4.74 Å². The Balaban J connectivity index is 1.34. The van der Waals surface area contributed by atoms with Gasteiger partial charge in [-0.15, -0.1) is 0 Å². The van der Waals surface area contributed by atoms with Gasteiger partial charge in [0, 0.05) is 32.0 Å². The van der Waals surface area contributed by atoms with E-state index in [1.165, 1.54) is 0 Å². The Hall–Kier alpha value is -1.69. The average molecular weight is 380 g/mol. The van der Waals surface area contributed by atoms with E-state index < -0.39 is 5.92 Å². The molecular weight excluding hydrogens is 350 g/mol. The number of nitrogens with zero attached hydrogens (tertiary/aromatic N) is 1. The van der Waals surface area contributed by atoms with Crippen LogP contribution in [0.4, 0.5) is 13.6 Å². The summed E-state index contributed by atoms with van der Waals surface area (Å²) in [5, 5.41) is 3.43. The third kappa shape index (κ3) is 6.45. The largest absolute Gasteiger partial charge is 0.445 e. The van der Waals surface area contributed by atoms with Crippen molar-refractivity contribution in [1.29, 1.82) is 0 Å². The van der Waals surface area contributed by atoms with Gasteiger partial charge in [-0.05, 0) is 50.1 Å². The predicted octanol–water partition coefficient (Wildman–Crippen LogP) is 4.59. The Morgan fingerprint density at radius 1 is 1.19 bits per heavy atom. The number of amides is 1. The molecule has 0 radical (unpaired) electrons. The number of likely N-dealkylation sites (tertiary alicyclic amines) is 1. The van der Waals surface area contributed by atoms with Crippen LogP contribution in [0.15, 0.2) is 30.3 Å². The van der Waals surface area contributed by atoms with E-state index in [1.54, 1.807) is 4.90 Å². The third-order valence-corrected chi connectivity index (χ3v) is 5.69. The maximum Gasteiger partial charge on any atom is 0.410 e. The molecule has 1 aliphatic carbocycles. The van der Waals surface area contributed by atoms with Gasteiger partial charge in [0.1, 0.15) is 6.61 Å². The van der Waals surface area contributed by atoms with Crippen molar-refractivity contribution in [2.75, 3.05) is 19.6 Å². The molecule has 1 aromatic carbocycles. The van der Waals surface area contributed by atoms with Crippen molar-refractivity contribution in [1.82, 2.24) is 10.2 Å². The van der Waals surface area contributed by atoms with E-state index in [0.29, 0.717) is 25.4 Å². The number of benzene rings is 1. The first kappa shape index (κ1) is 20.1. The zero-order chi connectivity index (χ0) is 19.1. The Kier molecular flexibility index (Phi) is 7.05. The standard InChI is InChI=1S/C21H30F2N2O2/c22-21(23)11-8-19(9-12-21)24-13-10-17-7-4-14-25(15-17)20(26)27-16-18-5-2-1-3-6-18/h1-3,5-6,17,19,24H,4,7-16H2. The molecule has 2 fully saturated rings. The van der Waals surface area contributed by atoms with Gasteiger partial charge in [-0.1, -0.05) is 30.3 Å². The molecular formula is C21H30F2N2O2. The smallest absolute Gasteiger partial charge is 0.410 e. The lowest BCUT2D eigenvalue weighted by Gasteiger charge is -2.33. The second-order valence-electron chi connectivity index (χ2n) is 7.87. The van der Waals surface area contributed by atoms with E-state index in [2.05, 4.69) is 5.32 Å². The molecule has 0 bridgehead atoms. The Morgan fingerprint density at radius 3 is 2.67 bits per heavy atom. The fourth-order valence-electron chi connectivity index (χ4n) is 4.01. The van der Waals surface area contributed by atoms with Crippen molar-refractivity contribution < 1.29 is 18.3 Å². The van der Waals surface area contributed by atoms with E-state index >= 15 is 0 Å². The summed E-state index contributed by atoms with van der Waals surface area (Å²) in [4.78, 5) is 14.1. The highest BCUT2D eigenvalue weighted by molar-refractivity contribution is 5.67. The maximum atomic E-state index is 13.2. The average Bonchev–Trinajstić information content (AvgIpc) is 2.68. The number of halogens is 2. The van der Waals surface area contributed by atoms with Crippen LogP contribution >= 0.6 is 0 Å². The molecule has 0 aromatic heterocycles. The van der Waals surface area contributed by atoms with Gasteiger partial charge in [0.25, 0.3) is 0 Å². The molecule has 1 saturated heterocycles. The lowest BCUT2D eigenvalue weighted by Crippen LogP contribution is -2.42. The Bertz CT molecular complexity index is 587. The zero-order valence-electron chi connectivity index (χ0n) is 15.8. The summed E-state index contributed by atoms with van der Waals surface area (Å²) in [6.45, 7) is 2.59. The van der Waals surface area contributed by atoms with E-state index in [0.717, 1.165) is 44.5 Å². The molecule has 4 nitrogen and oxygen atoms in total. The molecule has 1 amide bonds. The number of rotatable bonds is 6. The van der Waals surface area contributed by atoms with Crippen molar-refractivity contribution >= 4 is 6.09 Å². The monoisotopic (exact) mass is 380 g/mol. The summed E-state index contributed by atoms with van der Waals surface area (Å²) >= 11 is 0. The van der Waals surface area contributed by atoms with Crippen molar-refractivity contribution in [3.8, 4) is 0 Å². The number of ether oxygens (including phenoxy) is 1. The van der Waals surface area contributed by atoms with Gasteiger partial charge in [-0.25, -0.2) is 13.6 Å². The van der Waals surface area contributed by atoms with E-state index in [-0.39, 0.29) is 25.0 Å². The summed E-state index contributed by atoms with van der Waals surface area (Å²) in [6.07, 6.45) is 3.91. The normalized spacial score (nSPS) is 23.2. The number of piperidine rings is 1. The van der Waals surface area contributed by atoms with Gasteiger partial charge in [-0.2, -0.15) is 0 Å². The van der Waals surface area contributed by atoms with Crippen molar-refractivity contribution in [2.45, 2.75) is 63.5 Å². The molecule has 150 valence electrons. The maximum absolute atomic E-state index is 13.2. The molecule has 1 atom stereocenters. The lowest BCUT2D eigenvalue weighted by atomic mass is 9.91. The van der Waals surface area contributed by atoms with Crippen LogP contribution in [0.2, 0.25) is 0 Å². The first-order valence-corrected chi connectivity index (χ1v) is 10.1. The molecule has 2 aliphatic rings. The van der Waals surface area contributed by atoms with Gasteiger partial charge in [0.2, 0.25) is 5.92 Å². The molecule has 3 rings (SSSR count). The highest BCUT2D eigenvalue weighted by atomic mass is 19.3. The fraction of sp³-hybridized carbons (Fsp3) is 0.667. The lowest BCUT2D eigenvalue weighted by molar-refractivity contribution is -0.0404. The molecule has 27 heavy (non-hydrogen) atoms. The SMILES string of the molecule is O=C(OCc1ccccc1)N1CCCC(CCNC2CCC(F)(F)CC2)C1. The molecule has 1 saturated carbocycles. The Morgan fingerprint density at radius 2 is 1.93 bits per heavy atom. The summed E-state index contributed by atoms with van der Waals surface area (Å²) in [6, 6.07) is 9.90. The summed E-state index contributed by atoms with van der Waals surface area (Å²) in [5.41, 5.74) is 0.988. The van der Waals surface area contributed by atoms with Gasteiger partial charge in [0.05, 0.1) is 0 Å². The zero-order valence-corrected chi connectivity index (χ0v) is 15.8. The van der Waals surface area contributed by atoms with Crippen LogP contribution < -0.4 is 5.32 Å². The van der Waals surface area contributed by atoms with Crippen LogP contribution in [0.1, 0.15) is 50.5 Å². The van der Waals surface area contributed by atoms with Crippen LogP contribution in [-0.2, 0) is 11.3 Å². The molecule has 1 aromatic rings. The second-order valence-corrected chi connectivity index (χ2v) is 7.87. The van der Waals surface area contributed by atoms with Gasteiger partial charge in [-0.3, -0.25) is 0 Å². The minimum atomic E-state index is -2.47. The van der Waals surface area contributed by atoms with Crippen LogP contribution in [0.5, 0.6) is 0 Å². The summed E-state index contributed by atoms with van der Waals surface area (Å²) < 4.78 is 31.8. The van der Waals surface area contributed by atoms with Gasteiger partial charge >= 0.3 is 6.09 Å². The molecule has 1 heterocycles. The van der Waals surface area contributed by atoms with E-state index in [9.17, 15) is 13.6 Å².